The summed E-state index contributed by atoms with van der Waals surface area (Å²) in [6, 6.07) is 2.04. The average molecular weight is 219 g/mol. The van der Waals surface area contributed by atoms with E-state index < -0.39 is 0 Å². The molecule has 0 saturated heterocycles. The standard InChI is InChI=1S/C12H11ClN2/c13-10-7-15-12-9(5-6-14-12)11(10)8-3-1-2-4-8/h3,5-7H,1-2,4H2,(H,14,15). The number of fused-ring (bicyclic) bond motifs is 1. The maximum Gasteiger partial charge on any atom is 0.137 e. The van der Waals surface area contributed by atoms with Crippen LogP contribution in [0.4, 0.5) is 0 Å². The molecule has 76 valence electrons. The second-order valence-corrected chi connectivity index (χ2v) is 4.25. The summed E-state index contributed by atoms with van der Waals surface area (Å²) in [5.41, 5.74) is 3.45. The minimum atomic E-state index is 0.759. The van der Waals surface area contributed by atoms with Crippen molar-refractivity contribution in [1.82, 2.24) is 9.97 Å². The van der Waals surface area contributed by atoms with E-state index in [2.05, 4.69) is 16.0 Å². The quantitative estimate of drug-likeness (QED) is 0.775. The molecule has 0 aliphatic heterocycles. The number of allylic oxidation sites excluding steroid dienone is 2. The zero-order chi connectivity index (χ0) is 10.3. The summed E-state index contributed by atoms with van der Waals surface area (Å²) in [7, 11) is 0. The van der Waals surface area contributed by atoms with Crippen molar-refractivity contribution in [2.24, 2.45) is 0 Å². The number of nitrogens with one attached hydrogen (secondary N) is 1. The molecular weight excluding hydrogens is 208 g/mol. The third kappa shape index (κ3) is 1.37. The van der Waals surface area contributed by atoms with Gasteiger partial charge in [-0.2, -0.15) is 0 Å². The molecule has 3 heteroatoms. The van der Waals surface area contributed by atoms with E-state index in [-0.39, 0.29) is 0 Å². The molecule has 1 N–H and O–H groups in total. The molecule has 1 aliphatic carbocycles. The van der Waals surface area contributed by atoms with Crippen LogP contribution in [0, 0.1) is 0 Å². The van der Waals surface area contributed by atoms with Gasteiger partial charge in [-0.25, -0.2) is 4.98 Å². The lowest BCUT2D eigenvalue weighted by molar-refractivity contribution is 0.935. The van der Waals surface area contributed by atoms with Gasteiger partial charge in [-0.1, -0.05) is 17.7 Å². The Labute approximate surface area is 93.0 Å². The van der Waals surface area contributed by atoms with Crippen molar-refractivity contribution in [3.8, 4) is 0 Å². The Morgan fingerprint density at radius 3 is 3.13 bits per heavy atom. The summed E-state index contributed by atoms with van der Waals surface area (Å²) in [6.07, 6.45) is 9.46. The fourth-order valence-electron chi connectivity index (χ4n) is 2.21. The lowest BCUT2D eigenvalue weighted by atomic mass is 10.0. The smallest absolute Gasteiger partial charge is 0.137 e. The van der Waals surface area contributed by atoms with Crippen LogP contribution in [0.15, 0.2) is 24.5 Å². The van der Waals surface area contributed by atoms with E-state index in [0.717, 1.165) is 22.5 Å². The third-order valence-corrected chi connectivity index (χ3v) is 3.19. The Bertz CT molecular complexity index is 540. The summed E-state index contributed by atoms with van der Waals surface area (Å²) >= 11 is 6.22. The van der Waals surface area contributed by atoms with E-state index in [1.807, 2.05) is 12.3 Å². The molecule has 2 nitrogen and oxygen atoms in total. The number of aromatic nitrogens is 2. The summed E-state index contributed by atoms with van der Waals surface area (Å²) in [5, 5.41) is 1.89. The van der Waals surface area contributed by atoms with Gasteiger partial charge in [0.15, 0.2) is 0 Å². The molecule has 0 aromatic carbocycles. The van der Waals surface area contributed by atoms with Crippen molar-refractivity contribution in [2.45, 2.75) is 19.3 Å². The van der Waals surface area contributed by atoms with Gasteiger partial charge in [0, 0.05) is 23.3 Å². The minimum Gasteiger partial charge on any atom is -0.346 e. The first-order chi connectivity index (χ1) is 7.36. The summed E-state index contributed by atoms with van der Waals surface area (Å²) < 4.78 is 0. The van der Waals surface area contributed by atoms with Gasteiger partial charge in [-0.15, -0.1) is 0 Å². The first-order valence-corrected chi connectivity index (χ1v) is 5.55. The van der Waals surface area contributed by atoms with Gasteiger partial charge >= 0.3 is 0 Å². The number of hydrogen-bond donors (Lipinski definition) is 1. The van der Waals surface area contributed by atoms with Crippen LogP contribution in [0.5, 0.6) is 0 Å². The minimum absolute atomic E-state index is 0.759. The van der Waals surface area contributed by atoms with E-state index in [4.69, 9.17) is 11.6 Å². The topological polar surface area (TPSA) is 28.7 Å². The molecule has 3 rings (SSSR count). The van der Waals surface area contributed by atoms with Gasteiger partial charge in [0.2, 0.25) is 0 Å². The van der Waals surface area contributed by atoms with Gasteiger partial charge in [0.1, 0.15) is 5.65 Å². The average Bonchev–Trinajstić information content (AvgIpc) is 2.85. The normalized spacial score (nSPS) is 15.9. The molecule has 0 bridgehead atoms. The van der Waals surface area contributed by atoms with Crippen LogP contribution >= 0.6 is 11.6 Å². The zero-order valence-electron chi connectivity index (χ0n) is 8.26. The van der Waals surface area contributed by atoms with Crippen molar-refractivity contribution < 1.29 is 0 Å². The van der Waals surface area contributed by atoms with Crippen molar-refractivity contribution in [3.05, 3.63) is 35.1 Å². The lowest BCUT2D eigenvalue weighted by Gasteiger charge is -2.06. The fraction of sp³-hybridized carbons (Fsp3) is 0.250. The second kappa shape index (κ2) is 3.38. The summed E-state index contributed by atoms with van der Waals surface area (Å²) in [4.78, 5) is 7.37. The first-order valence-electron chi connectivity index (χ1n) is 5.17. The largest absolute Gasteiger partial charge is 0.346 e. The maximum absolute atomic E-state index is 6.22. The highest BCUT2D eigenvalue weighted by Gasteiger charge is 2.14. The predicted molar refractivity (Wildman–Crippen MR) is 62.9 cm³/mol. The van der Waals surface area contributed by atoms with Crippen molar-refractivity contribution >= 4 is 28.2 Å². The highest BCUT2D eigenvalue weighted by Crippen LogP contribution is 2.36. The molecule has 2 aromatic rings. The molecule has 0 unspecified atom stereocenters. The number of aromatic amines is 1. The molecule has 1 aliphatic rings. The second-order valence-electron chi connectivity index (χ2n) is 3.84. The number of halogens is 1. The molecule has 0 radical (unpaired) electrons. The monoisotopic (exact) mass is 218 g/mol. The number of pyridine rings is 1. The molecule has 2 heterocycles. The van der Waals surface area contributed by atoms with Crippen LogP contribution in [0.25, 0.3) is 16.6 Å². The Kier molecular flexibility index (Phi) is 2.03. The number of nitrogens with zero attached hydrogens (tertiary/aromatic N) is 1. The van der Waals surface area contributed by atoms with Gasteiger partial charge in [0.05, 0.1) is 5.02 Å². The fourth-order valence-corrected chi connectivity index (χ4v) is 2.48. The van der Waals surface area contributed by atoms with Crippen LogP contribution in [-0.2, 0) is 0 Å². The van der Waals surface area contributed by atoms with Gasteiger partial charge in [0.25, 0.3) is 0 Å². The lowest BCUT2D eigenvalue weighted by Crippen LogP contribution is -1.87. The SMILES string of the molecule is Clc1cnc2[nH]ccc2c1C1=CCCC1. The third-order valence-electron chi connectivity index (χ3n) is 2.90. The molecule has 0 amide bonds. The Morgan fingerprint density at radius 1 is 1.40 bits per heavy atom. The summed E-state index contributed by atoms with van der Waals surface area (Å²) in [6.45, 7) is 0. The zero-order valence-corrected chi connectivity index (χ0v) is 9.01. The summed E-state index contributed by atoms with van der Waals surface area (Å²) in [5.74, 6) is 0. The van der Waals surface area contributed by atoms with Crippen LogP contribution in [-0.4, -0.2) is 9.97 Å². The highest BCUT2D eigenvalue weighted by molar-refractivity contribution is 6.33. The number of rotatable bonds is 1. The van der Waals surface area contributed by atoms with Gasteiger partial charge in [-0.05, 0) is 30.9 Å². The highest BCUT2D eigenvalue weighted by atomic mass is 35.5. The van der Waals surface area contributed by atoms with E-state index in [9.17, 15) is 0 Å². The first kappa shape index (κ1) is 8.98. The molecule has 15 heavy (non-hydrogen) atoms. The van der Waals surface area contributed by atoms with Gasteiger partial charge in [-0.3, -0.25) is 0 Å². The molecule has 0 spiro atoms. The van der Waals surface area contributed by atoms with Crippen molar-refractivity contribution in [1.29, 1.82) is 0 Å². The van der Waals surface area contributed by atoms with E-state index >= 15 is 0 Å². The van der Waals surface area contributed by atoms with E-state index in [1.54, 1.807) is 6.20 Å². The predicted octanol–water partition coefficient (Wildman–Crippen LogP) is 3.78. The molecule has 0 saturated carbocycles. The molecule has 0 fully saturated rings. The molecule has 2 aromatic heterocycles. The van der Waals surface area contributed by atoms with Crippen LogP contribution in [0.2, 0.25) is 5.02 Å². The Hall–Kier alpha value is -1.28. The Morgan fingerprint density at radius 2 is 2.33 bits per heavy atom. The molecule has 0 atom stereocenters. The van der Waals surface area contributed by atoms with Crippen molar-refractivity contribution in [3.63, 3.8) is 0 Å². The van der Waals surface area contributed by atoms with E-state index in [0.29, 0.717) is 0 Å². The van der Waals surface area contributed by atoms with Crippen LogP contribution < -0.4 is 0 Å². The number of H-pyrrole nitrogens is 1. The number of hydrogen-bond acceptors (Lipinski definition) is 1. The van der Waals surface area contributed by atoms with Crippen LogP contribution in [0.3, 0.4) is 0 Å². The van der Waals surface area contributed by atoms with Gasteiger partial charge < -0.3 is 4.98 Å². The van der Waals surface area contributed by atoms with E-state index in [1.165, 1.54) is 24.0 Å². The van der Waals surface area contributed by atoms with Crippen LogP contribution in [0.1, 0.15) is 24.8 Å². The van der Waals surface area contributed by atoms with Crippen molar-refractivity contribution in [2.75, 3.05) is 0 Å². The maximum atomic E-state index is 6.22. The molecular formula is C12H11ClN2. The Balaban J connectivity index is 2.30.